The van der Waals surface area contributed by atoms with E-state index < -0.39 is 5.54 Å². The van der Waals surface area contributed by atoms with Crippen molar-refractivity contribution in [3.8, 4) is 0 Å². The van der Waals surface area contributed by atoms with E-state index in [1.807, 2.05) is 39.2 Å². The number of rotatable bonds is 6. The van der Waals surface area contributed by atoms with Crippen LogP contribution < -0.4 is 11.1 Å². The van der Waals surface area contributed by atoms with Gasteiger partial charge in [0.15, 0.2) is 0 Å². The lowest BCUT2D eigenvalue weighted by Gasteiger charge is -2.28. The second kappa shape index (κ2) is 6.68. The minimum atomic E-state index is -0.798. The second-order valence-electron chi connectivity index (χ2n) is 5.37. The number of likely N-dealkylation sites (N-methyl/N-ethyl adjacent to an activating group) is 1. The van der Waals surface area contributed by atoms with Gasteiger partial charge in [-0.25, -0.2) is 0 Å². The molecule has 0 aliphatic heterocycles. The molecule has 3 N–H and O–H groups in total. The van der Waals surface area contributed by atoms with Crippen LogP contribution in [0.5, 0.6) is 0 Å². The van der Waals surface area contributed by atoms with Gasteiger partial charge in [0, 0.05) is 6.54 Å². The number of carbonyl (C=O) groups excluding carboxylic acids is 1. The maximum atomic E-state index is 12.0. The van der Waals surface area contributed by atoms with E-state index in [0.29, 0.717) is 13.0 Å². The van der Waals surface area contributed by atoms with E-state index >= 15 is 0 Å². The normalized spacial score (nSPS) is 15.9. The first kappa shape index (κ1) is 15.7. The second-order valence-corrected chi connectivity index (χ2v) is 5.37. The van der Waals surface area contributed by atoms with Crippen LogP contribution in [0, 0.1) is 0 Å². The van der Waals surface area contributed by atoms with Crippen molar-refractivity contribution in [2.24, 2.45) is 5.73 Å². The third kappa shape index (κ3) is 4.33. The zero-order chi connectivity index (χ0) is 14.5. The number of benzene rings is 1. The van der Waals surface area contributed by atoms with Crippen LogP contribution in [0.2, 0.25) is 0 Å². The quantitative estimate of drug-likeness (QED) is 0.818. The number of amides is 1. The first-order valence-corrected chi connectivity index (χ1v) is 6.67. The Labute approximate surface area is 116 Å². The van der Waals surface area contributed by atoms with Gasteiger partial charge in [-0.05, 0) is 33.0 Å². The smallest absolute Gasteiger partial charge is 0.239 e. The molecular weight excluding hydrogens is 238 g/mol. The molecule has 1 aromatic carbocycles. The highest BCUT2D eigenvalue weighted by Crippen LogP contribution is 2.17. The molecule has 2 atom stereocenters. The Morgan fingerprint density at radius 2 is 1.95 bits per heavy atom. The molecule has 1 amide bonds. The van der Waals surface area contributed by atoms with Gasteiger partial charge in [0.1, 0.15) is 0 Å². The van der Waals surface area contributed by atoms with Gasteiger partial charge >= 0.3 is 0 Å². The molecular formula is C15H25N3O. The fourth-order valence-electron chi connectivity index (χ4n) is 1.83. The molecule has 0 aromatic heterocycles. The van der Waals surface area contributed by atoms with E-state index in [0.717, 1.165) is 0 Å². The van der Waals surface area contributed by atoms with Gasteiger partial charge in [0.25, 0.3) is 0 Å². The monoisotopic (exact) mass is 263 g/mol. The summed E-state index contributed by atoms with van der Waals surface area (Å²) in [6.07, 6.45) is 0.622. The standard InChI is InChI=1S/C15H25N3O/c1-5-15(2,16)14(19)17-11-13(18(3)4)12-9-7-6-8-10-12/h6-10,13H,5,11,16H2,1-4H3,(H,17,19). The summed E-state index contributed by atoms with van der Waals surface area (Å²) in [7, 11) is 4.01. The van der Waals surface area contributed by atoms with Crippen molar-refractivity contribution in [2.45, 2.75) is 31.8 Å². The minimum Gasteiger partial charge on any atom is -0.353 e. The summed E-state index contributed by atoms with van der Waals surface area (Å²) in [5.74, 6) is -0.0993. The maximum absolute atomic E-state index is 12.0. The summed E-state index contributed by atoms with van der Waals surface area (Å²) in [6, 6.07) is 10.3. The summed E-state index contributed by atoms with van der Waals surface area (Å²) in [6.45, 7) is 4.23. The summed E-state index contributed by atoms with van der Waals surface area (Å²) in [5, 5.41) is 2.95. The first-order valence-electron chi connectivity index (χ1n) is 6.67. The van der Waals surface area contributed by atoms with Gasteiger partial charge in [0.05, 0.1) is 11.6 Å². The summed E-state index contributed by atoms with van der Waals surface area (Å²) in [4.78, 5) is 14.1. The number of hydrogen-bond acceptors (Lipinski definition) is 3. The van der Waals surface area contributed by atoms with Crippen molar-refractivity contribution in [1.82, 2.24) is 10.2 Å². The third-order valence-electron chi connectivity index (χ3n) is 3.52. The van der Waals surface area contributed by atoms with E-state index in [4.69, 9.17) is 5.73 Å². The average molecular weight is 263 g/mol. The molecule has 0 saturated heterocycles. The fourth-order valence-corrected chi connectivity index (χ4v) is 1.83. The van der Waals surface area contributed by atoms with Crippen molar-refractivity contribution < 1.29 is 4.79 Å². The molecule has 0 aliphatic rings. The Morgan fingerprint density at radius 3 is 2.42 bits per heavy atom. The van der Waals surface area contributed by atoms with Crippen molar-refractivity contribution in [3.63, 3.8) is 0 Å². The average Bonchev–Trinajstić information content (AvgIpc) is 2.39. The molecule has 19 heavy (non-hydrogen) atoms. The summed E-state index contributed by atoms with van der Waals surface area (Å²) >= 11 is 0. The first-order chi connectivity index (χ1) is 8.88. The highest BCUT2D eigenvalue weighted by molar-refractivity contribution is 5.85. The van der Waals surface area contributed by atoms with Crippen LogP contribution in [0.25, 0.3) is 0 Å². The van der Waals surface area contributed by atoms with Gasteiger partial charge in [-0.15, -0.1) is 0 Å². The number of nitrogens with two attached hydrogens (primary N) is 1. The number of carbonyl (C=O) groups is 1. The van der Waals surface area contributed by atoms with E-state index in [1.54, 1.807) is 6.92 Å². The predicted octanol–water partition coefficient (Wildman–Crippen LogP) is 1.53. The van der Waals surface area contributed by atoms with E-state index in [2.05, 4.69) is 22.3 Å². The fraction of sp³-hybridized carbons (Fsp3) is 0.533. The SMILES string of the molecule is CCC(C)(N)C(=O)NCC(c1ccccc1)N(C)C. The molecule has 4 nitrogen and oxygen atoms in total. The number of hydrogen-bond donors (Lipinski definition) is 2. The molecule has 106 valence electrons. The Kier molecular flexibility index (Phi) is 5.51. The van der Waals surface area contributed by atoms with Gasteiger partial charge in [-0.1, -0.05) is 37.3 Å². The maximum Gasteiger partial charge on any atom is 0.239 e. The molecule has 4 heteroatoms. The number of nitrogens with zero attached hydrogens (tertiary/aromatic N) is 1. The van der Waals surface area contributed by atoms with Crippen LogP contribution >= 0.6 is 0 Å². The van der Waals surface area contributed by atoms with Gasteiger partial charge in [-0.3, -0.25) is 4.79 Å². The zero-order valence-electron chi connectivity index (χ0n) is 12.3. The van der Waals surface area contributed by atoms with Crippen LogP contribution in [0.15, 0.2) is 30.3 Å². The van der Waals surface area contributed by atoms with Crippen LogP contribution in [-0.4, -0.2) is 37.0 Å². The summed E-state index contributed by atoms with van der Waals surface area (Å²) in [5.41, 5.74) is 6.32. The van der Waals surface area contributed by atoms with E-state index in [9.17, 15) is 4.79 Å². The lowest BCUT2D eigenvalue weighted by molar-refractivity contribution is -0.126. The predicted molar refractivity (Wildman–Crippen MR) is 78.8 cm³/mol. The molecule has 0 fully saturated rings. The zero-order valence-corrected chi connectivity index (χ0v) is 12.3. The molecule has 0 bridgehead atoms. The molecule has 0 spiro atoms. The highest BCUT2D eigenvalue weighted by Gasteiger charge is 2.26. The Bertz CT molecular complexity index is 401. The molecule has 1 rings (SSSR count). The molecule has 0 saturated carbocycles. The van der Waals surface area contributed by atoms with Gasteiger partial charge in [0.2, 0.25) is 5.91 Å². The van der Waals surface area contributed by atoms with E-state index in [-0.39, 0.29) is 11.9 Å². The van der Waals surface area contributed by atoms with Crippen molar-refractivity contribution in [3.05, 3.63) is 35.9 Å². The van der Waals surface area contributed by atoms with Crippen LogP contribution in [0.3, 0.4) is 0 Å². The van der Waals surface area contributed by atoms with Crippen molar-refractivity contribution in [1.29, 1.82) is 0 Å². The lowest BCUT2D eigenvalue weighted by atomic mass is 9.99. The lowest BCUT2D eigenvalue weighted by Crippen LogP contribution is -2.52. The summed E-state index contributed by atoms with van der Waals surface area (Å²) < 4.78 is 0. The molecule has 0 aliphatic carbocycles. The van der Waals surface area contributed by atoms with E-state index in [1.165, 1.54) is 5.56 Å². The highest BCUT2D eigenvalue weighted by atomic mass is 16.2. The van der Waals surface area contributed by atoms with Gasteiger partial charge in [-0.2, -0.15) is 0 Å². The Morgan fingerprint density at radius 1 is 1.37 bits per heavy atom. The van der Waals surface area contributed by atoms with Crippen LogP contribution in [0.1, 0.15) is 31.9 Å². The largest absolute Gasteiger partial charge is 0.353 e. The van der Waals surface area contributed by atoms with Gasteiger partial charge < -0.3 is 16.0 Å². The third-order valence-corrected chi connectivity index (χ3v) is 3.52. The Balaban J connectivity index is 2.69. The van der Waals surface area contributed by atoms with Crippen molar-refractivity contribution >= 4 is 5.91 Å². The molecule has 2 unspecified atom stereocenters. The molecule has 0 heterocycles. The minimum absolute atomic E-state index is 0.0993. The van der Waals surface area contributed by atoms with Crippen LogP contribution in [0.4, 0.5) is 0 Å². The number of nitrogens with one attached hydrogen (secondary N) is 1. The Hall–Kier alpha value is -1.39. The topological polar surface area (TPSA) is 58.4 Å². The van der Waals surface area contributed by atoms with Crippen LogP contribution in [-0.2, 0) is 4.79 Å². The molecule has 1 aromatic rings. The molecule has 0 radical (unpaired) electrons. The van der Waals surface area contributed by atoms with Crippen molar-refractivity contribution in [2.75, 3.05) is 20.6 Å².